The molecule has 1 fully saturated rings. The van der Waals surface area contributed by atoms with Gasteiger partial charge in [-0.1, -0.05) is 0 Å². The fraction of sp³-hybridized carbons (Fsp3) is 0.667. The molecule has 0 radical (unpaired) electrons. The second-order valence-electron chi connectivity index (χ2n) is 6.19. The van der Waals surface area contributed by atoms with Crippen molar-refractivity contribution in [2.24, 2.45) is 0 Å². The van der Waals surface area contributed by atoms with E-state index in [1.54, 1.807) is 13.8 Å². The zero-order valence-electron chi connectivity index (χ0n) is 15.1. The molecule has 3 rings (SSSR count). The monoisotopic (exact) mass is 403 g/mol. The maximum absolute atomic E-state index is 14.6. The summed E-state index contributed by atoms with van der Waals surface area (Å²) in [6, 6.07) is -0.618. The van der Waals surface area contributed by atoms with Crippen molar-refractivity contribution in [2.75, 3.05) is 25.3 Å². The molecular formula is C15H23FN5O5P. The third-order valence-corrected chi connectivity index (χ3v) is 6.11. The van der Waals surface area contributed by atoms with Crippen LogP contribution in [0.2, 0.25) is 0 Å². The molecule has 1 aliphatic carbocycles. The molecular weight excluding hydrogens is 380 g/mol. The van der Waals surface area contributed by atoms with E-state index in [0.717, 1.165) is 0 Å². The Hall–Kier alpha value is -1.81. The number of imidazole rings is 1. The van der Waals surface area contributed by atoms with Gasteiger partial charge in [-0.05, 0) is 20.3 Å². The van der Waals surface area contributed by atoms with E-state index in [0.29, 0.717) is 6.42 Å². The summed E-state index contributed by atoms with van der Waals surface area (Å²) in [4.78, 5) is 22.3. The van der Waals surface area contributed by atoms with Gasteiger partial charge in [-0.2, -0.15) is 4.98 Å². The lowest BCUT2D eigenvalue weighted by Gasteiger charge is -2.19. The largest absolute Gasteiger partial charge is 0.369 e. The van der Waals surface area contributed by atoms with Gasteiger partial charge in [-0.3, -0.25) is 14.3 Å². The number of halogens is 1. The summed E-state index contributed by atoms with van der Waals surface area (Å²) in [6.45, 7) is 3.86. The van der Waals surface area contributed by atoms with Gasteiger partial charge in [0.25, 0.3) is 5.56 Å². The number of aromatic nitrogens is 4. The predicted octanol–water partition coefficient (Wildman–Crippen LogP) is 1.98. The van der Waals surface area contributed by atoms with E-state index in [-0.39, 0.29) is 43.1 Å². The van der Waals surface area contributed by atoms with E-state index in [1.165, 1.54) is 10.9 Å². The van der Waals surface area contributed by atoms with E-state index < -0.39 is 31.5 Å². The highest BCUT2D eigenvalue weighted by Crippen LogP contribution is 2.49. The molecule has 3 atom stereocenters. The van der Waals surface area contributed by atoms with Gasteiger partial charge in [0, 0.05) is 6.42 Å². The van der Waals surface area contributed by atoms with Crippen LogP contribution in [0, 0.1) is 0 Å². The Balaban J connectivity index is 1.74. The molecule has 0 bridgehead atoms. The van der Waals surface area contributed by atoms with Crippen LogP contribution in [0.3, 0.4) is 0 Å². The van der Waals surface area contributed by atoms with Gasteiger partial charge >= 0.3 is 7.60 Å². The molecule has 0 aliphatic heterocycles. The quantitative estimate of drug-likeness (QED) is 0.639. The molecule has 3 unspecified atom stereocenters. The average Bonchev–Trinajstić information content (AvgIpc) is 3.17. The Morgan fingerprint density at radius 1 is 1.37 bits per heavy atom. The smallest absolute Gasteiger partial charge is 0.356 e. The van der Waals surface area contributed by atoms with Crippen molar-refractivity contribution in [1.82, 2.24) is 19.5 Å². The molecule has 2 heterocycles. The second-order valence-corrected chi connectivity index (χ2v) is 8.19. The maximum Gasteiger partial charge on any atom is 0.356 e. The first-order chi connectivity index (χ1) is 12.9. The van der Waals surface area contributed by atoms with Gasteiger partial charge in [-0.15, -0.1) is 0 Å². The number of nitrogens with one attached hydrogen (secondary N) is 1. The van der Waals surface area contributed by atoms with E-state index in [2.05, 4.69) is 15.0 Å². The highest BCUT2D eigenvalue weighted by atomic mass is 31.2. The SMILES string of the molecule is CCOP(=O)(COC1CC(F)C(n2cnc3c(=O)[nH]c(N)nc32)C1)OCC. The molecule has 27 heavy (non-hydrogen) atoms. The number of hydrogen-bond donors (Lipinski definition) is 2. The number of anilines is 1. The summed E-state index contributed by atoms with van der Waals surface area (Å²) in [7, 11) is -3.36. The topological polar surface area (TPSA) is 134 Å². The molecule has 0 aromatic carbocycles. The van der Waals surface area contributed by atoms with Crippen molar-refractivity contribution in [3.63, 3.8) is 0 Å². The van der Waals surface area contributed by atoms with Crippen LogP contribution in [0.25, 0.3) is 11.2 Å². The zero-order valence-corrected chi connectivity index (χ0v) is 16.0. The van der Waals surface area contributed by atoms with Gasteiger partial charge in [-0.25, -0.2) is 9.37 Å². The normalized spacial score (nSPS) is 23.3. The molecule has 0 spiro atoms. The fourth-order valence-electron chi connectivity index (χ4n) is 3.23. The highest BCUT2D eigenvalue weighted by molar-refractivity contribution is 7.53. The first-order valence-corrected chi connectivity index (χ1v) is 10.5. The number of nitrogens with two attached hydrogens (primary N) is 1. The van der Waals surface area contributed by atoms with Gasteiger partial charge in [0.1, 0.15) is 12.5 Å². The number of ether oxygens (including phenoxy) is 1. The first kappa shape index (κ1) is 19.9. The number of nitrogens with zero attached hydrogens (tertiary/aromatic N) is 3. The molecule has 10 nitrogen and oxygen atoms in total. The molecule has 0 amide bonds. The summed E-state index contributed by atoms with van der Waals surface area (Å²) in [5.74, 6) is -0.0650. The molecule has 12 heteroatoms. The lowest BCUT2D eigenvalue weighted by molar-refractivity contribution is 0.0654. The Morgan fingerprint density at radius 2 is 2.07 bits per heavy atom. The van der Waals surface area contributed by atoms with Crippen molar-refractivity contribution in [2.45, 2.75) is 45.0 Å². The molecule has 2 aromatic heterocycles. The van der Waals surface area contributed by atoms with Crippen molar-refractivity contribution in [3.8, 4) is 0 Å². The molecule has 3 N–H and O–H groups in total. The lowest BCUT2D eigenvalue weighted by Crippen LogP contribution is -2.17. The third-order valence-electron chi connectivity index (χ3n) is 4.34. The molecule has 0 saturated heterocycles. The summed E-state index contributed by atoms with van der Waals surface area (Å²) < 4.78 is 44.6. The van der Waals surface area contributed by atoms with Crippen LogP contribution in [0.5, 0.6) is 0 Å². The molecule has 1 saturated carbocycles. The minimum Gasteiger partial charge on any atom is -0.369 e. The number of rotatable bonds is 8. The van der Waals surface area contributed by atoms with Crippen molar-refractivity contribution in [3.05, 3.63) is 16.7 Å². The second kappa shape index (κ2) is 8.05. The van der Waals surface area contributed by atoms with Gasteiger partial charge < -0.3 is 24.1 Å². The zero-order chi connectivity index (χ0) is 19.6. The summed E-state index contributed by atoms with van der Waals surface area (Å²) in [5.41, 5.74) is 5.42. The van der Waals surface area contributed by atoms with E-state index >= 15 is 0 Å². The summed E-state index contributed by atoms with van der Waals surface area (Å²) >= 11 is 0. The molecule has 150 valence electrons. The number of nitrogen functional groups attached to an aromatic ring is 1. The van der Waals surface area contributed by atoms with Crippen LogP contribution in [0.15, 0.2) is 11.1 Å². The lowest BCUT2D eigenvalue weighted by atomic mass is 10.2. The van der Waals surface area contributed by atoms with E-state index in [9.17, 15) is 13.8 Å². The summed E-state index contributed by atoms with van der Waals surface area (Å²) in [5, 5.41) is 0. The Kier molecular flexibility index (Phi) is 5.95. The van der Waals surface area contributed by atoms with Crippen LogP contribution in [-0.2, 0) is 18.3 Å². The fourth-order valence-corrected chi connectivity index (χ4v) is 4.64. The van der Waals surface area contributed by atoms with Gasteiger partial charge in [0.2, 0.25) is 5.95 Å². The van der Waals surface area contributed by atoms with Crippen LogP contribution < -0.4 is 11.3 Å². The summed E-state index contributed by atoms with van der Waals surface area (Å²) in [6.07, 6.45) is -0.170. The molecule has 2 aromatic rings. The number of hydrogen-bond acceptors (Lipinski definition) is 8. The van der Waals surface area contributed by atoms with Crippen LogP contribution in [-0.4, -0.2) is 51.4 Å². The van der Waals surface area contributed by atoms with E-state index in [4.69, 9.17) is 19.5 Å². The number of aromatic amines is 1. The predicted molar refractivity (Wildman–Crippen MR) is 96.3 cm³/mol. The number of alkyl halides is 1. The van der Waals surface area contributed by atoms with Crippen molar-refractivity contribution in [1.29, 1.82) is 0 Å². The van der Waals surface area contributed by atoms with Crippen LogP contribution in [0.1, 0.15) is 32.7 Å². The highest BCUT2D eigenvalue weighted by Gasteiger charge is 2.39. The van der Waals surface area contributed by atoms with Crippen LogP contribution >= 0.6 is 7.60 Å². The van der Waals surface area contributed by atoms with Crippen molar-refractivity contribution >= 4 is 24.7 Å². The van der Waals surface area contributed by atoms with E-state index in [1.807, 2.05) is 0 Å². The average molecular weight is 403 g/mol. The first-order valence-electron chi connectivity index (χ1n) is 8.73. The van der Waals surface area contributed by atoms with Gasteiger partial charge in [0.15, 0.2) is 11.2 Å². The Morgan fingerprint density at radius 3 is 2.74 bits per heavy atom. The standard InChI is InChI=1S/C15H23FN5O5P/c1-3-25-27(23,26-4-2)8-24-9-5-10(16)11(6-9)21-7-18-12-13(21)19-15(17)20-14(12)22/h7,9-11H,3-6,8H2,1-2H3,(H3,17,19,20,22). The minimum atomic E-state index is -3.36. The van der Waals surface area contributed by atoms with Crippen molar-refractivity contribution < 1.29 is 22.7 Å². The maximum atomic E-state index is 14.6. The van der Waals surface area contributed by atoms with Gasteiger partial charge in [0.05, 0.1) is 31.7 Å². The third kappa shape index (κ3) is 4.21. The number of fused-ring (bicyclic) bond motifs is 1. The van der Waals surface area contributed by atoms with Crippen LogP contribution in [0.4, 0.5) is 10.3 Å². The molecule has 1 aliphatic rings. The minimum absolute atomic E-state index is 0.0650. The Labute approximate surface area is 154 Å². The number of H-pyrrole nitrogens is 1. The Bertz CT molecular complexity index is 892.